The Morgan fingerprint density at radius 1 is 1.33 bits per heavy atom. The number of carbonyl (C=O) groups excluding carboxylic acids is 1. The number of halogens is 1. The zero-order chi connectivity index (χ0) is 16.7. The summed E-state index contributed by atoms with van der Waals surface area (Å²) in [7, 11) is 0. The summed E-state index contributed by atoms with van der Waals surface area (Å²) in [6, 6.07) is 5.99. The van der Waals surface area contributed by atoms with E-state index >= 15 is 0 Å². The highest BCUT2D eigenvalue weighted by Gasteiger charge is 2.43. The van der Waals surface area contributed by atoms with Crippen LogP contribution in [0.4, 0.5) is 9.18 Å². The number of hydrogen-bond donors (Lipinski definition) is 2. The molecule has 1 spiro atoms. The highest BCUT2D eigenvalue weighted by Crippen LogP contribution is 2.28. The number of carbonyl (C=O) groups is 1. The van der Waals surface area contributed by atoms with Gasteiger partial charge >= 0.3 is 6.09 Å². The van der Waals surface area contributed by atoms with Gasteiger partial charge in [-0.3, -0.25) is 9.69 Å². The minimum absolute atomic E-state index is 0.195. The lowest BCUT2D eigenvalue weighted by atomic mass is 9.93. The van der Waals surface area contributed by atoms with Gasteiger partial charge in [-0.05, 0) is 31.5 Å². The first-order chi connectivity index (χ1) is 11.5. The molecule has 2 aliphatic rings. The van der Waals surface area contributed by atoms with Gasteiger partial charge < -0.3 is 15.0 Å². The van der Waals surface area contributed by atoms with Gasteiger partial charge in [-0.25, -0.2) is 9.18 Å². The van der Waals surface area contributed by atoms with E-state index in [9.17, 15) is 14.0 Å². The van der Waals surface area contributed by atoms with E-state index in [-0.39, 0.29) is 17.0 Å². The lowest BCUT2D eigenvalue weighted by Crippen LogP contribution is -2.50. The van der Waals surface area contributed by atoms with E-state index in [2.05, 4.69) is 15.2 Å². The first kappa shape index (κ1) is 15.1. The number of para-hydroxylation sites is 1. The van der Waals surface area contributed by atoms with Crippen molar-refractivity contribution in [3.05, 3.63) is 46.0 Å². The predicted octanol–water partition coefficient (Wildman–Crippen LogP) is 1.74. The van der Waals surface area contributed by atoms with Crippen LogP contribution in [0, 0.1) is 5.82 Å². The van der Waals surface area contributed by atoms with Gasteiger partial charge in [-0.1, -0.05) is 6.07 Å². The Morgan fingerprint density at radius 2 is 2.21 bits per heavy atom. The zero-order valence-electron chi connectivity index (χ0n) is 13.1. The summed E-state index contributed by atoms with van der Waals surface area (Å²) >= 11 is 0. The lowest BCUT2D eigenvalue weighted by Gasteiger charge is -2.38. The number of rotatable bonds is 2. The molecule has 1 aromatic heterocycles. The average molecular weight is 331 g/mol. The van der Waals surface area contributed by atoms with Gasteiger partial charge in [0.05, 0.1) is 12.1 Å². The molecule has 0 unspecified atom stereocenters. The van der Waals surface area contributed by atoms with Crippen LogP contribution < -0.4 is 10.7 Å². The maximum absolute atomic E-state index is 14.0. The van der Waals surface area contributed by atoms with Crippen molar-refractivity contribution in [2.45, 2.75) is 25.0 Å². The molecule has 0 aliphatic carbocycles. The van der Waals surface area contributed by atoms with Crippen LogP contribution >= 0.6 is 0 Å². The number of amides is 1. The summed E-state index contributed by atoms with van der Waals surface area (Å²) in [6.45, 7) is 2.43. The minimum atomic E-state index is -0.488. The van der Waals surface area contributed by atoms with Crippen LogP contribution in [0.25, 0.3) is 10.9 Å². The monoisotopic (exact) mass is 331 g/mol. The number of aromatic nitrogens is 1. The largest absolute Gasteiger partial charge is 0.440 e. The fourth-order valence-electron chi connectivity index (χ4n) is 3.67. The van der Waals surface area contributed by atoms with Gasteiger partial charge in [0.2, 0.25) is 0 Å². The summed E-state index contributed by atoms with van der Waals surface area (Å²) < 4.78 is 19.4. The molecule has 1 atom stereocenters. The Bertz CT molecular complexity index is 866. The Balaban J connectivity index is 1.59. The third-order valence-corrected chi connectivity index (χ3v) is 4.75. The van der Waals surface area contributed by atoms with Crippen LogP contribution in [0.5, 0.6) is 0 Å². The number of pyridine rings is 1. The molecular weight excluding hydrogens is 313 g/mol. The number of benzene rings is 1. The number of fused-ring (bicyclic) bond motifs is 1. The Labute approximate surface area is 137 Å². The Hall–Kier alpha value is -2.41. The van der Waals surface area contributed by atoms with Crippen LogP contribution in [0.15, 0.2) is 29.1 Å². The number of ether oxygens (including phenoxy) is 1. The molecule has 2 aromatic rings. The molecule has 1 amide bonds. The molecule has 126 valence electrons. The van der Waals surface area contributed by atoms with Gasteiger partial charge in [-0.2, -0.15) is 0 Å². The molecule has 6 nitrogen and oxygen atoms in total. The first-order valence-corrected chi connectivity index (χ1v) is 8.04. The van der Waals surface area contributed by atoms with Crippen molar-refractivity contribution in [2.24, 2.45) is 0 Å². The molecule has 7 heteroatoms. The van der Waals surface area contributed by atoms with Crippen LogP contribution in [0.2, 0.25) is 0 Å². The Kier molecular flexibility index (Phi) is 3.53. The molecule has 3 heterocycles. The maximum atomic E-state index is 14.0. The van der Waals surface area contributed by atoms with E-state index in [1.54, 1.807) is 6.07 Å². The van der Waals surface area contributed by atoms with Gasteiger partial charge in [0, 0.05) is 30.2 Å². The van der Waals surface area contributed by atoms with Crippen molar-refractivity contribution in [3.8, 4) is 0 Å². The van der Waals surface area contributed by atoms with E-state index in [0.29, 0.717) is 30.7 Å². The lowest BCUT2D eigenvalue weighted by molar-refractivity contribution is -0.0114. The second-order valence-corrected chi connectivity index (χ2v) is 6.56. The van der Waals surface area contributed by atoms with E-state index < -0.39 is 11.4 Å². The molecule has 2 saturated heterocycles. The molecule has 0 bridgehead atoms. The zero-order valence-corrected chi connectivity index (χ0v) is 13.1. The second-order valence-electron chi connectivity index (χ2n) is 6.56. The van der Waals surface area contributed by atoms with Gasteiger partial charge in [-0.15, -0.1) is 0 Å². The van der Waals surface area contributed by atoms with E-state index in [0.717, 1.165) is 19.4 Å². The molecular formula is C17H18FN3O3. The van der Waals surface area contributed by atoms with E-state index in [1.807, 2.05) is 0 Å². The van der Waals surface area contributed by atoms with Crippen molar-refractivity contribution in [3.63, 3.8) is 0 Å². The SMILES string of the molecule is O=C1NC[C@@]2(CCCN(Cc3cc(=O)c4cccc(F)c4[nH]3)C2)O1. The van der Waals surface area contributed by atoms with Gasteiger partial charge in [0.25, 0.3) is 0 Å². The molecule has 2 fully saturated rings. The van der Waals surface area contributed by atoms with Crippen molar-refractivity contribution in [2.75, 3.05) is 19.6 Å². The number of H-pyrrole nitrogens is 1. The topological polar surface area (TPSA) is 74.4 Å². The van der Waals surface area contributed by atoms with E-state index in [1.165, 1.54) is 18.2 Å². The van der Waals surface area contributed by atoms with Gasteiger partial charge in [0.1, 0.15) is 11.4 Å². The standard InChI is InChI=1S/C17H18FN3O3/c18-13-4-1-3-12-14(22)7-11(20-15(12)13)8-21-6-2-5-17(10-21)9-19-16(23)24-17/h1,3-4,7H,2,5-6,8-10H2,(H,19,23)(H,20,22)/t17-/m1/s1. The molecule has 4 rings (SSSR count). The van der Waals surface area contributed by atoms with Crippen molar-refractivity contribution in [1.29, 1.82) is 0 Å². The molecule has 0 saturated carbocycles. The number of nitrogens with zero attached hydrogens (tertiary/aromatic N) is 1. The third-order valence-electron chi connectivity index (χ3n) is 4.75. The smallest absolute Gasteiger partial charge is 0.407 e. The van der Waals surface area contributed by atoms with Crippen molar-refractivity contribution in [1.82, 2.24) is 15.2 Å². The van der Waals surface area contributed by atoms with Crippen LogP contribution in [0.3, 0.4) is 0 Å². The number of likely N-dealkylation sites (tertiary alicyclic amines) is 1. The molecule has 24 heavy (non-hydrogen) atoms. The quantitative estimate of drug-likeness (QED) is 0.879. The normalized spacial score (nSPS) is 24.3. The summed E-state index contributed by atoms with van der Waals surface area (Å²) in [5, 5.41) is 3.06. The number of alkyl carbamates (subject to hydrolysis) is 1. The fourth-order valence-corrected chi connectivity index (χ4v) is 3.67. The highest BCUT2D eigenvalue weighted by atomic mass is 19.1. The van der Waals surface area contributed by atoms with Crippen LogP contribution in [0.1, 0.15) is 18.5 Å². The van der Waals surface area contributed by atoms with Crippen molar-refractivity contribution >= 4 is 17.0 Å². The highest BCUT2D eigenvalue weighted by molar-refractivity contribution is 5.78. The number of hydrogen-bond acceptors (Lipinski definition) is 4. The number of piperidine rings is 1. The fraction of sp³-hybridized carbons (Fsp3) is 0.412. The van der Waals surface area contributed by atoms with Crippen LogP contribution in [-0.4, -0.2) is 41.2 Å². The molecule has 2 N–H and O–H groups in total. The minimum Gasteiger partial charge on any atom is -0.440 e. The number of aromatic amines is 1. The van der Waals surface area contributed by atoms with Crippen molar-refractivity contribution < 1.29 is 13.9 Å². The molecule has 0 radical (unpaired) electrons. The second kappa shape index (κ2) is 5.59. The average Bonchev–Trinajstić information content (AvgIpc) is 2.89. The van der Waals surface area contributed by atoms with Crippen LogP contribution in [-0.2, 0) is 11.3 Å². The van der Waals surface area contributed by atoms with Gasteiger partial charge in [0.15, 0.2) is 5.43 Å². The summed E-state index contributed by atoms with van der Waals surface area (Å²) in [6.07, 6.45) is 1.35. The Morgan fingerprint density at radius 3 is 3.00 bits per heavy atom. The maximum Gasteiger partial charge on any atom is 0.407 e. The third kappa shape index (κ3) is 2.65. The summed E-state index contributed by atoms with van der Waals surface area (Å²) in [4.78, 5) is 28.7. The summed E-state index contributed by atoms with van der Waals surface area (Å²) in [5.74, 6) is -0.435. The molecule has 1 aromatic carbocycles. The molecule has 2 aliphatic heterocycles. The first-order valence-electron chi connectivity index (χ1n) is 8.04. The summed E-state index contributed by atoms with van der Waals surface area (Å²) in [5.41, 5.74) is 0.212. The number of nitrogens with one attached hydrogen (secondary N) is 2. The predicted molar refractivity (Wildman–Crippen MR) is 86.3 cm³/mol. The van der Waals surface area contributed by atoms with E-state index in [4.69, 9.17) is 4.74 Å².